The van der Waals surface area contributed by atoms with E-state index in [1.807, 2.05) is 0 Å². The van der Waals surface area contributed by atoms with Crippen LogP contribution in [0.1, 0.15) is 49.3 Å². The van der Waals surface area contributed by atoms with Crippen molar-refractivity contribution in [2.24, 2.45) is 5.73 Å². The second-order valence-electron chi connectivity index (χ2n) is 5.35. The second-order valence-corrected chi connectivity index (χ2v) is 5.35. The van der Waals surface area contributed by atoms with E-state index < -0.39 is 0 Å². The van der Waals surface area contributed by atoms with Gasteiger partial charge in [0, 0.05) is 13.0 Å². The van der Waals surface area contributed by atoms with Crippen molar-refractivity contribution < 1.29 is 4.79 Å². The summed E-state index contributed by atoms with van der Waals surface area (Å²) in [6.07, 6.45) is 4.69. The summed E-state index contributed by atoms with van der Waals surface area (Å²) in [5.74, 6) is 0.291. The Morgan fingerprint density at radius 2 is 2.16 bits per heavy atom. The summed E-state index contributed by atoms with van der Waals surface area (Å²) in [6.45, 7) is 3.71. The quantitative estimate of drug-likeness (QED) is 0.827. The Kier molecular flexibility index (Phi) is 4.97. The van der Waals surface area contributed by atoms with Gasteiger partial charge < -0.3 is 10.6 Å². The van der Waals surface area contributed by atoms with Crippen molar-refractivity contribution in [3.63, 3.8) is 0 Å². The van der Waals surface area contributed by atoms with Crippen LogP contribution < -0.4 is 5.73 Å². The first-order chi connectivity index (χ1) is 9.24. The molecule has 19 heavy (non-hydrogen) atoms. The van der Waals surface area contributed by atoms with Gasteiger partial charge in [0.2, 0.25) is 5.91 Å². The number of rotatable bonds is 5. The van der Waals surface area contributed by atoms with Crippen LogP contribution in [0.4, 0.5) is 0 Å². The maximum absolute atomic E-state index is 12.3. The number of nitrogens with two attached hydrogens (primary N) is 1. The zero-order chi connectivity index (χ0) is 13.7. The standard InChI is InChI=1S/C16H24N2O/c1-13-7-2-3-8-14(13)15-9-6-12-18(15)16(19)10-4-5-11-17/h2-3,7-8,15H,4-6,9-12,17H2,1H3. The molecule has 0 saturated carbocycles. The van der Waals surface area contributed by atoms with E-state index in [9.17, 15) is 4.79 Å². The zero-order valence-corrected chi connectivity index (χ0v) is 11.8. The molecule has 1 unspecified atom stereocenters. The summed E-state index contributed by atoms with van der Waals surface area (Å²) in [7, 11) is 0. The van der Waals surface area contributed by atoms with Crippen molar-refractivity contribution >= 4 is 5.91 Å². The fourth-order valence-corrected chi connectivity index (χ4v) is 2.91. The Morgan fingerprint density at radius 3 is 2.89 bits per heavy atom. The van der Waals surface area contributed by atoms with Crippen molar-refractivity contribution in [1.82, 2.24) is 4.90 Å². The minimum atomic E-state index is 0.284. The van der Waals surface area contributed by atoms with Gasteiger partial charge in [0.05, 0.1) is 6.04 Å². The summed E-state index contributed by atoms with van der Waals surface area (Å²) in [5.41, 5.74) is 8.08. The Bertz CT molecular complexity index is 431. The van der Waals surface area contributed by atoms with Crippen molar-refractivity contribution in [2.75, 3.05) is 13.1 Å². The first-order valence-electron chi connectivity index (χ1n) is 7.29. The highest BCUT2D eigenvalue weighted by Crippen LogP contribution is 2.34. The molecule has 0 radical (unpaired) electrons. The van der Waals surface area contributed by atoms with E-state index in [0.717, 1.165) is 32.2 Å². The minimum Gasteiger partial charge on any atom is -0.336 e. The van der Waals surface area contributed by atoms with E-state index in [1.54, 1.807) is 0 Å². The highest BCUT2D eigenvalue weighted by molar-refractivity contribution is 5.77. The van der Waals surface area contributed by atoms with Crippen LogP contribution in [0.15, 0.2) is 24.3 Å². The van der Waals surface area contributed by atoms with E-state index in [-0.39, 0.29) is 6.04 Å². The molecular formula is C16H24N2O. The normalized spacial score (nSPS) is 18.8. The number of carbonyl (C=O) groups excluding carboxylic acids is 1. The molecule has 1 aromatic carbocycles. The fourth-order valence-electron chi connectivity index (χ4n) is 2.91. The number of likely N-dealkylation sites (tertiary alicyclic amines) is 1. The zero-order valence-electron chi connectivity index (χ0n) is 11.8. The van der Waals surface area contributed by atoms with Gasteiger partial charge in [-0.15, -0.1) is 0 Å². The molecule has 1 saturated heterocycles. The number of carbonyl (C=O) groups is 1. The van der Waals surface area contributed by atoms with Gasteiger partial charge in [-0.25, -0.2) is 0 Å². The Labute approximate surface area is 115 Å². The largest absolute Gasteiger partial charge is 0.336 e. The van der Waals surface area contributed by atoms with E-state index in [1.165, 1.54) is 11.1 Å². The molecule has 1 atom stereocenters. The van der Waals surface area contributed by atoms with Crippen molar-refractivity contribution in [2.45, 2.75) is 45.1 Å². The highest BCUT2D eigenvalue weighted by Gasteiger charge is 2.29. The molecule has 104 valence electrons. The molecule has 0 aliphatic carbocycles. The maximum atomic E-state index is 12.3. The van der Waals surface area contributed by atoms with Crippen LogP contribution >= 0.6 is 0 Å². The summed E-state index contributed by atoms with van der Waals surface area (Å²) < 4.78 is 0. The number of hydrogen-bond donors (Lipinski definition) is 1. The molecule has 1 amide bonds. The lowest BCUT2D eigenvalue weighted by atomic mass is 9.99. The minimum absolute atomic E-state index is 0.284. The molecule has 1 heterocycles. The van der Waals surface area contributed by atoms with Gasteiger partial charge in [-0.05, 0) is 50.3 Å². The number of unbranched alkanes of at least 4 members (excludes halogenated alkanes) is 1. The predicted molar refractivity (Wildman–Crippen MR) is 77.8 cm³/mol. The van der Waals surface area contributed by atoms with Crippen LogP contribution in [0.2, 0.25) is 0 Å². The van der Waals surface area contributed by atoms with E-state index >= 15 is 0 Å². The highest BCUT2D eigenvalue weighted by atomic mass is 16.2. The average molecular weight is 260 g/mol. The lowest BCUT2D eigenvalue weighted by molar-refractivity contribution is -0.132. The van der Waals surface area contributed by atoms with Crippen LogP contribution in [0.3, 0.4) is 0 Å². The first-order valence-corrected chi connectivity index (χ1v) is 7.29. The molecule has 1 fully saturated rings. The molecule has 3 nitrogen and oxygen atoms in total. The topological polar surface area (TPSA) is 46.3 Å². The number of nitrogens with zero attached hydrogens (tertiary/aromatic N) is 1. The van der Waals surface area contributed by atoms with Crippen molar-refractivity contribution in [1.29, 1.82) is 0 Å². The predicted octanol–water partition coefficient (Wildman–Crippen LogP) is 2.79. The van der Waals surface area contributed by atoms with Gasteiger partial charge in [0.25, 0.3) is 0 Å². The molecule has 1 aliphatic heterocycles. The maximum Gasteiger partial charge on any atom is 0.223 e. The molecule has 0 spiro atoms. The van der Waals surface area contributed by atoms with Crippen LogP contribution in [0, 0.1) is 6.92 Å². The lowest BCUT2D eigenvalue weighted by Gasteiger charge is -2.26. The van der Waals surface area contributed by atoms with Crippen LogP contribution in [0.5, 0.6) is 0 Å². The summed E-state index contributed by atoms with van der Waals surface area (Å²) in [4.78, 5) is 14.4. The molecule has 2 rings (SSSR count). The SMILES string of the molecule is Cc1ccccc1C1CCCN1C(=O)CCCCN. The second kappa shape index (κ2) is 6.71. The van der Waals surface area contributed by atoms with Crippen LogP contribution in [-0.4, -0.2) is 23.9 Å². The summed E-state index contributed by atoms with van der Waals surface area (Å²) >= 11 is 0. The number of amides is 1. The Balaban J connectivity index is 2.05. The summed E-state index contributed by atoms with van der Waals surface area (Å²) in [6, 6.07) is 8.70. The molecule has 0 aromatic heterocycles. The molecule has 0 bridgehead atoms. The summed E-state index contributed by atoms with van der Waals surface area (Å²) in [5, 5.41) is 0. The lowest BCUT2D eigenvalue weighted by Crippen LogP contribution is -2.30. The molecule has 1 aromatic rings. The van der Waals surface area contributed by atoms with Gasteiger partial charge in [-0.1, -0.05) is 24.3 Å². The van der Waals surface area contributed by atoms with Crippen LogP contribution in [0.25, 0.3) is 0 Å². The van der Waals surface area contributed by atoms with Gasteiger partial charge in [0.15, 0.2) is 0 Å². The van der Waals surface area contributed by atoms with Gasteiger partial charge in [0.1, 0.15) is 0 Å². The molecule has 2 N–H and O–H groups in total. The van der Waals surface area contributed by atoms with E-state index in [2.05, 4.69) is 36.1 Å². The number of aryl methyl sites for hydroxylation is 1. The number of benzene rings is 1. The molecule has 3 heteroatoms. The van der Waals surface area contributed by atoms with Gasteiger partial charge in [-0.2, -0.15) is 0 Å². The van der Waals surface area contributed by atoms with Gasteiger partial charge in [-0.3, -0.25) is 4.79 Å². The van der Waals surface area contributed by atoms with E-state index in [0.29, 0.717) is 18.9 Å². The Hall–Kier alpha value is -1.35. The third kappa shape index (κ3) is 3.35. The van der Waals surface area contributed by atoms with Gasteiger partial charge >= 0.3 is 0 Å². The first kappa shape index (κ1) is 14.1. The molecule has 1 aliphatic rings. The van der Waals surface area contributed by atoms with Crippen molar-refractivity contribution in [3.8, 4) is 0 Å². The molecular weight excluding hydrogens is 236 g/mol. The number of hydrogen-bond acceptors (Lipinski definition) is 2. The van der Waals surface area contributed by atoms with Crippen LogP contribution in [-0.2, 0) is 4.79 Å². The third-order valence-corrected chi connectivity index (χ3v) is 3.97. The Morgan fingerprint density at radius 1 is 1.37 bits per heavy atom. The third-order valence-electron chi connectivity index (χ3n) is 3.97. The monoisotopic (exact) mass is 260 g/mol. The van der Waals surface area contributed by atoms with E-state index in [4.69, 9.17) is 5.73 Å². The smallest absolute Gasteiger partial charge is 0.223 e. The van der Waals surface area contributed by atoms with Crippen molar-refractivity contribution in [3.05, 3.63) is 35.4 Å². The average Bonchev–Trinajstić information content (AvgIpc) is 2.88. The fraction of sp³-hybridized carbons (Fsp3) is 0.562.